The molecule has 0 spiro atoms. The molecule has 0 aromatic heterocycles. The summed E-state index contributed by atoms with van der Waals surface area (Å²) in [6, 6.07) is 20.7. The van der Waals surface area contributed by atoms with E-state index >= 15 is 0 Å². The summed E-state index contributed by atoms with van der Waals surface area (Å²) < 4.78 is 39.4. The average molecular weight is 659 g/mol. The van der Waals surface area contributed by atoms with E-state index < -0.39 is 28.5 Å². The van der Waals surface area contributed by atoms with E-state index in [2.05, 4.69) is 21.2 Å². The van der Waals surface area contributed by atoms with Crippen LogP contribution >= 0.6 is 15.9 Å². The molecule has 0 radical (unpaired) electrons. The predicted molar refractivity (Wildman–Crippen MR) is 166 cm³/mol. The molecule has 0 bridgehead atoms. The molecule has 0 aliphatic carbocycles. The maximum Gasteiger partial charge on any atom is 0.244 e. The van der Waals surface area contributed by atoms with Gasteiger partial charge in [-0.3, -0.25) is 13.9 Å². The molecule has 4 rings (SSSR count). The maximum atomic E-state index is 14.3. The number of nitrogens with zero attached hydrogens (tertiary/aromatic N) is 2. The van der Waals surface area contributed by atoms with Crippen molar-refractivity contribution in [3.63, 3.8) is 0 Å². The molecule has 224 valence electrons. The lowest BCUT2D eigenvalue weighted by atomic mass is 10.0. The van der Waals surface area contributed by atoms with Crippen LogP contribution in [0.2, 0.25) is 0 Å². The summed E-state index contributed by atoms with van der Waals surface area (Å²) in [5.74, 6) is -0.131. The van der Waals surface area contributed by atoms with Crippen molar-refractivity contribution in [1.29, 1.82) is 0 Å². The van der Waals surface area contributed by atoms with Crippen molar-refractivity contribution in [2.45, 2.75) is 52.2 Å². The van der Waals surface area contributed by atoms with Gasteiger partial charge < -0.3 is 19.7 Å². The van der Waals surface area contributed by atoms with E-state index in [9.17, 15) is 18.0 Å². The standard InChI is InChI=1S/C31H36BrN3O6S/c1-4-22(3)33-31(37)27(17-23-10-7-6-8-11-23)34(19-24-12-9-13-25(32)16-24)30(36)20-35(42(38,39)5-2)26-14-15-28-29(18-26)41-21-40-28/h6-16,18,22,27H,4-5,17,19-21H2,1-3H3,(H,33,37)/t22-,27+/m1/s1. The van der Waals surface area contributed by atoms with Gasteiger partial charge in [-0.05, 0) is 55.7 Å². The number of benzene rings is 3. The Morgan fingerprint density at radius 2 is 1.67 bits per heavy atom. The minimum atomic E-state index is -3.89. The number of hydrogen-bond acceptors (Lipinski definition) is 6. The van der Waals surface area contributed by atoms with Gasteiger partial charge >= 0.3 is 0 Å². The number of carbonyl (C=O) groups is 2. The Bertz CT molecular complexity index is 1500. The second-order valence-corrected chi connectivity index (χ2v) is 13.2. The molecule has 42 heavy (non-hydrogen) atoms. The molecule has 0 saturated heterocycles. The van der Waals surface area contributed by atoms with Crippen LogP contribution in [0.5, 0.6) is 11.5 Å². The van der Waals surface area contributed by atoms with Crippen LogP contribution in [0.1, 0.15) is 38.3 Å². The topological polar surface area (TPSA) is 105 Å². The number of fused-ring (bicyclic) bond motifs is 1. The van der Waals surface area contributed by atoms with Gasteiger partial charge in [-0.1, -0.05) is 65.3 Å². The summed E-state index contributed by atoms with van der Waals surface area (Å²) in [5, 5.41) is 3.03. The van der Waals surface area contributed by atoms with Gasteiger partial charge in [0.2, 0.25) is 28.6 Å². The van der Waals surface area contributed by atoms with E-state index in [-0.39, 0.29) is 43.1 Å². The fourth-order valence-corrected chi connectivity index (χ4v) is 6.09. The number of rotatable bonds is 13. The quantitative estimate of drug-likeness (QED) is 0.281. The van der Waals surface area contributed by atoms with Crippen LogP contribution in [0.25, 0.3) is 0 Å². The molecule has 2 atom stereocenters. The van der Waals surface area contributed by atoms with Crippen molar-refractivity contribution >= 4 is 43.5 Å². The minimum Gasteiger partial charge on any atom is -0.454 e. The Hall–Kier alpha value is -3.57. The minimum absolute atomic E-state index is 0.0329. The van der Waals surface area contributed by atoms with Crippen molar-refractivity contribution in [2.24, 2.45) is 0 Å². The summed E-state index contributed by atoms with van der Waals surface area (Å²) in [7, 11) is -3.89. The summed E-state index contributed by atoms with van der Waals surface area (Å²) in [6.07, 6.45) is 0.976. The van der Waals surface area contributed by atoms with Crippen molar-refractivity contribution in [1.82, 2.24) is 10.2 Å². The molecule has 0 saturated carbocycles. The number of carbonyl (C=O) groups excluding carboxylic acids is 2. The Morgan fingerprint density at radius 1 is 0.952 bits per heavy atom. The number of nitrogens with one attached hydrogen (secondary N) is 1. The van der Waals surface area contributed by atoms with Crippen molar-refractivity contribution < 1.29 is 27.5 Å². The number of anilines is 1. The molecule has 2 amide bonds. The molecule has 1 aliphatic rings. The summed E-state index contributed by atoms with van der Waals surface area (Å²) in [4.78, 5) is 29.5. The Morgan fingerprint density at radius 3 is 2.36 bits per heavy atom. The zero-order chi connectivity index (χ0) is 30.3. The van der Waals surface area contributed by atoms with E-state index in [1.165, 1.54) is 11.8 Å². The van der Waals surface area contributed by atoms with Crippen molar-refractivity contribution in [3.05, 3.63) is 88.4 Å². The summed E-state index contributed by atoms with van der Waals surface area (Å²) >= 11 is 3.49. The zero-order valence-electron chi connectivity index (χ0n) is 24.0. The molecule has 3 aromatic carbocycles. The van der Waals surface area contributed by atoms with E-state index in [4.69, 9.17) is 9.47 Å². The van der Waals surface area contributed by atoms with E-state index in [1.807, 2.05) is 68.4 Å². The van der Waals surface area contributed by atoms with Gasteiger partial charge in [0.25, 0.3) is 0 Å². The smallest absolute Gasteiger partial charge is 0.244 e. The highest BCUT2D eigenvalue weighted by atomic mass is 79.9. The molecule has 11 heteroatoms. The molecule has 1 N–H and O–H groups in total. The lowest BCUT2D eigenvalue weighted by Gasteiger charge is -2.34. The maximum absolute atomic E-state index is 14.3. The van der Waals surface area contributed by atoms with E-state index in [1.54, 1.807) is 18.2 Å². The molecule has 1 aliphatic heterocycles. The molecule has 3 aromatic rings. The van der Waals surface area contributed by atoms with E-state index in [0.717, 1.165) is 26.3 Å². The first-order chi connectivity index (χ1) is 20.1. The number of sulfonamides is 1. The van der Waals surface area contributed by atoms with Gasteiger partial charge in [-0.2, -0.15) is 0 Å². The van der Waals surface area contributed by atoms with E-state index in [0.29, 0.717) is 11.5 Å². The monoisotopic (exact) mass is 657 g/mol. The number of ether oxygens (including phenoxy) is 2. The molecule has 0 unspecified atom stereocenters. The third kappa shape index (κ3) is 7.83. The zero-order valence-corrected chi connectivity index (χ0v) is 26.4. The van der Waals surface area contributed by atoms with Crippen LogP contribution < -0.4 is 19.1 Å². The second-order valence-electron chi connectivity index (χ2n) is 10.1. The lowest BCUT2D eigenvalue weighted by molar-refractivity contribution is -0.140. The third-order valence-corrected chi connectivity index (χ3v) is 9.37. The Balaban J connectivity index is 1.75. The SMILES string of the molecule is CC[C@@H](C)NC(=O)[C@H](Cc1ccccc1)N(Cc1cccc(Br)c1)C(=O)CN(c1ccc2c(c1)OCO2)S(=O)(=O)CC. The van der Waals surface area contributed by atoms with Gasteiger partial charge in [0.15, 0.2) is 11.5 Å². The fraction of sp³-hybridized carbons (Fsp3) is 0.355. The van der Waals surface area contributed by atoms with Gasteiger partial charge in [-0.25, -0.2) is 8.42 Å². The van der Waals surface area contributed by atoms with Crippen LogP contribution in [0.4, 0.5) is 5.69 Å². The number of amides is 2. The van der Waals surface area contributed by atoms with Crippen LogP contribution in [0.15, 0.2) is 77.3 Å². The highest BCUT2D eigenvalue weighted by Gasteiger charge is 2.34. The highest BCUT2D eigenvalue weighted by Crippen LogP contribution is 2.36. The largest absolute Gasteiger partial charge is 0.454 e. The van der Waals surface area contributed by atoms with Crippen LogP contribution in [0, 0.1) is 0 Å². The normalized spacial score (nSPS) is 13.7. The molecular formula is C31H36BrN3O6S. The first-order valence-electron chi connectivity index (χ1n) is 13.9. The molecule has 0 fully saturated rings. The Kier molecular flexibility index (Phi) is 10.5. The van der Waals surface area contributed by atoms with Gasteiger partial charge in [0, 0.05) is 29.5 Å². The summed E-state index contributed by atoms with van der Waals surface area (Å²) in [5.41, 5.74) is 1.95. The third-order valence-electron chi connectivity index (χ3n) is 7.14. The van der Waals surface area contributed by atoms with Gasteiger partial charge in [-0.15, -0.1) is 0 Å². The number of hydrogen-bond donors (Lipinski definition) is 1. The van der Waals surface area contributed by atoms with Crippen LogP contribution in [-0.2, 0) is 32.6 Å². The lowest BCUT2D eigenvalue weighted by Crippen LogP contribution is -2.54. The predicted octanol–water partition coefficient (Wildman–Crippen LogP) is 4.89. The van der Waals surface area contributed by atoms with Crippen LogP contribution in [0.3, 0.4) is 0 Å². The molecule has 1 heterocycles. The average Bonchev–Trinajstić information content (AvgIpc) is 3.46. The van der Waals surface area contributed by atoms with Crippen molar-refractivity contribution in [2.75, 3.05) is 23.4 Å². The fourth-order valence-electron chi connectivity index (χ4n) is 4.59. The Labute approximate surface area is 256 Å². The second kappa shape index (κ2) is 14.1. The number of halogens is 1. The first-order valence-corrected chi connectivity index (χ1v) is 16.3. The van der Waals surface area contributed by atoms with Gasteiger partial charge in [0.1, 0.15) is 12.6 Å². The van der Waals surface area contributed by atoms with Crippen molar-refractivity contribution in [3.8, 4) is 11.5 Å². The molecular weight excluding hydrogens is 622 g/mol. The first kappa shape index (κ1) is 31.4. The van der Waals surface area contributed by atoms with Crippen LogP contribution in [-0.4, -0.2) is 56.3 Å². The molecule has 9 nitrogen and oxygen atoms in total. The summed E-state index contributed by atoms with van der Waals surface area (Å²) in [6.45, 7) is 5.05. The highest BCUT2D eigenvalue weighted by molar-refractivity contribution is 9.10. The van der Waals surface area contributed by atoms with Gasteiger partial charge in [0.05, 0.1) is 11.4 Å².